The molecule has 1 saturated carbocycles. The first-order valence-corrected chi connectivity index (χ1v) is 5.26. The highest BCUT2D eigenvalue weighted by molar-refractivity contribution is 5.80. The average molecular weight is 205 g/mol. The Labute approximate surface area is 89.1 Å². The lowest BCUT2D eigenvalue weighted by Gasteiger charge is -2.08. The van der Waals surface area contributed by atoms with Gasteiger partial charge in [0.2, 0.25) is 5.91 Å². The second-order valence-electron chi connectivity index (χ2n) is 3.92. The van der Waals surface area contributed by atoms with Crippen LogP contribution in [0.2, 0.25) is 0 Å². The van der Waals surface area contributed by atoms with E-state index in [4.69, 9.17) is 5.11 Å². The molecule has 0 aliphatic heterocycles. The summed E-state index contributed by atoms with van der Waals surface area (Å²) in [6, 6.07) is 7.60. The molecule has 0 atom stereocenters. The van der Waals surface area contributed by atoms with Gasteiger partial charge in [-0.15, -0.1) is 0 Å². The Hall–Kier alpha value is -1.35. The molecule has 0 unspecified atom stereocenters. The van der Waals surface area contributed by atoms with Gasteiger partial charge in [0.15, 0.2) is 0 Å². The van der Waals surface area contributed by atoms with Crippen LogP contribution in [0.25, 0.3) is 0 Å². The van der Waals surface area contributed by atoms with Crippen molar-refractivity contribution in [1.29, 1.82) is 0 Å². The van der Waals surface area contributed by atoms with Gasteiger partial charge in [0, 0.05) is 12.5 Å². The van der Waals surface area contributed by atoms with E-state index in [1.165, 1.54) is 0 Å². The first kappa shape index (κ1) is 10.2. The van der Waals surface area contributed by atoms with Crippen LogP contribution in [-0.2, 0) is 17.9 Å². The Balaban J connectivity index is 1.94. The Morgan fingerprint density at radius 3 is 2.60 bits per heavy atom. The normalized spacial score (nSPS) is 15.0. The molecule has 0 spiro atoms. The molecule has 1 fully saturated rings. The third kappa shape index (κ3) is 2.57. The summed E-state index contributed by atoms with van der Waals surface area (Å²) in [4.78, 5) is 11.4. The fourth-order valence-electron chi connectivity index (χ4n) is 1.56. The fourth-order valence-corrected chi connectivity index (χ4v) is 1.56. The molecular weight excluding hydrogens is 190 g/mol. The Morgan fingerprint density at radius 2 is 2.00 bits per heavy atom. The van der Waals surface area contributed by atoms with Gasteiger partial charge < -0.3 is 10.4 Å². The van der Waals surface area contributed by atoms with Crippen LogP contribution in [0.5, 0.6) is 0 Å². The van der Waals surface area contributed by atoms with E-state index in [0.717, 1.165) is 24.0 Å². The number of rotatable bonds is 4. The maximum absolute atomic E-state index is 11.4. The zero-order valence-electron chi connectivity index (χ0n) is 8.57. The van der Waals surface area contributed by atoms with Gasteiger partial charge in [-0.25, -0.2) is 0 Å². The van der Waals surface area contributed by atoms with Crippen molar-refractivity contribution in [2.24, 2.45) is 5.92 Å². The Bertz CT molecular complexity index is 358. The molecule has 0 aromatic heterocycles. The molecule has 3 nitrogen and oxygen atoms in total. The van der Waals surface area contributed by atoms with Crippen molar-refractivity contribution in [2.75, 3.05) is 0 Å². The van der Waals surface area contributed by atoms with E-state index in [1.54, 1.807) is 0 Å². The molecule has 3 heteroatoms. The third-order valence-electron chi connectivity index (χ3n) is 2.69. The van der Waals surface area contributed by atoms with Crippen molar-refractivity contribution in [3.8, 4) is 0 Å². The van der Waals surface area contributed by atoms with Crippen LogP contribution in [0.4, 0.5) is 0 Å². The van der Waals surface area contributed by atoms with Gasteiger partial charge in [-0.05, 0) is 24.0 Å². The largest absolute Gasteiger partial charge is 0.392 e. The smallest absolute Gasteiger partial charge is 0.223 e. The van der Waals surface area contributed by atoms with Crippen molar-refractivity contribution in [3.63, 3.8) is 0 Å². The van der Waals surface area contributed by atoms with Crippen LogP contribution < -0.4 is 5.32 Å². The van der Waals surface area contributed by atoms with E-state index in [1.807, 2.05) is 24.3 Å². The van der Waals surface area contributed by atoms with Crippen LogP contribution in [0.3, 0.4) is 0 Å². The van der Waals surface area contributed by atoms with Crippen LogP contribution in [0.15, 0.2) is 24.3 Å². The lowest BCUT2D eigenvalue weighted by atomic mass is 10.1. The predicted octanol–water partition coefficient (Wildman–Crippen LogP) is 1.21. The molecule has 0 heterocycles. The molecule has 1 aliphatic carbocycles. The summed E-state index contributed by atoms with van der Waals surface area (Å²) in [5.74, 6) is 0.383. The average Bonchev–Trinajstić information content (AvgIpc) is 3.10. The molecule has 80 valence electrons. The van der Waals surface area contributed by atoms with Gasteiger partial charge in [0.05, 0.1) is 6.61 Å². The maximum Gasteiger partial charge on any atom is 0.223 e. The van der Waals surface area contributed by atoms with Crippen molar-refractivity contribution >= 4 is 5.91 Å². The molecule has 2 rings (SSSR count). The van der Waals surface area contributed by atoms with Crippen LogP contribution in [0.1, 0.15) is 24.0 Å². The highest BCUT2D eigenvalue weighted by atomic mass is 16.3. The number of hydrogen-bond donors (Lipinski definition) is 2. The fraction of sp³-hybridized carbons (Fsp3) is 0.417. The molecule has 1 amide bonds. The minimum atomic E-state index is 0.0233. The maximum atomic E-state index is 11.4. The lowest BCUT2D eigenvalue weighted by Crippen LogP contribution is -2.24. The number of aliphatic hydroxyl groups is 1. The van der Waals surface area contributed by atoms with Crippen LogP contribution in [-0.4, -0.2) is 11.0 Å². The molecule has 1 aromatic carbocycles. The summed E-state index contributed by atoms with van der Waals surface area (Å²) in [5, 5.41) is 12.0. The zero-order chi connectivity index (χ0) is 10.7. The number of aliphatic hydroxyl groups excluding tert-OH is 1. The van der Waals surface area contributed by atoms with Gasteiger partial charge in [0.25, 0.3) is 0 Å². The van der Waals surface area contributed by atoms with E-state index >= 15 is 0 Å². The topological polar surface area (TPSA) is 49.3 Å². The molecule has 1 aromatic rings. The molecule has 0 saturated heterocycles. The number of carbonyl (C=O) groups is 1. The second-order valence-corrected chi connectivity index (χ2v) is 3.92. The van der Waals surface area contributed by atoms with Gasteiger partial charge >= 0.3 is 0 Å². The van der Waals surface area contributed by atoms with Crippen molar-refractivity contribution in [2.45, 2.75) is 26.0 Å². The number of amides is 1. The zero-order valence-corrected chi connectivity index (χ0v) is 8.57. The van der Waals surface area contributed by atoms with E-state index in [2.05, 4.69) is 5.32 Å². The first-order valence-electron chi connectivity index (χ1n) is 5.26. The van der Waals surface area contributed by atoms with Crippen molar-refractivity contribution in [1.82, 2.24) is 5.32 Å². The van der Waals surface area contributed by atoms with Gasteiger partial charge in [-0.3, -0.25) is 4.79 Å². The Kier molecular flexibility index (Phi) is 3.02. The second kappa shape index (κ2) is 4.45. The molecule has 15 heavy (non-hydrogen) atoms. The summed E-state index contributed by atoms with van der Waals surface area (Å²) in [6.07, 6.45) is 2.04. The number of carbonyl (C=O) groups excluding carboxylic acids is 1. The SMILES string of the molecule is O=C(NCc1ccccc1CO)C1CC1. The van der Waals surface area contributed by atoms with Crippen molar-refractivity contribution in [3.05, 3.63) is 35.4 Å². The van der Waals surface area contributed by atoms with E-state index in [0.29, 0.717) is 6.54 Å². The minimum absolute atomic E-state index is 0.0233. The van der Waals surface area contributed by atoms with Gasteiger partial charge in [-0.1, -0.05) is 24.3 Å². The standard InChI is InChI=1S/C12H15NO2/c14-8-11-4-2-1-3-10(11)7-13-12(15)9-5-6-9/h1-4,9,14H,5-8H2,(H,13,15). The summed E-state index contributed by atoms with van der Waals surface area (Å²) < 4.78 is 0. The molecule has 0 radical (unpaired) electrons. The monoisotopic (exact) mass is 205 g/mol. The highest BCUT2D eigenvalue weighted by Gasteiger charge is 2.29. The Morgan fingerprint density at radius 1 is 1.33 bits per heavy atom. The van der Waals surface area contributed by atoms with E-state index in [-0.39, 0.29) is 18.4 Å². The molecule has 1 aliphatic rings. The number of benzene rings is 1. The quantitative estimate of drug-likeness (QED) is 0.776. The number of nitrogens with one attached hydrogen (secondary N) is 1. The van der Waals surface area contributed by atoms with E-state index in [9.17, 15) is 4.79 Å². The lowest BCUT2D eigenvalue weighted by molar-refractivity contribution is -0.122. The summed E-state index contributed by atoms with van der Waals surface area (Å²) in [6.45, 7) is 0.543. The minimum Gasteiger partial charge on any atom is -0.392 e. The van der Waals surface area contributed by atoms with Gasteiger partial charge in [0.1, 0.15) is 0 Å². The summed E-state index contributed by atoms with van der Waals surface area (Å²) in [7, 11) is 0. The molecule has 0 bridgehead atoms. The van der Waals surface area contributed by atoms with E-state index < -0.39 is 0 Å². The summed E-state index contributed by atoms with van der Waals surface area (Å²) in [5.41, 5.74) is 1.88. The number of hydrogen-bond acceptors (Lipinski definition) is 2. The molecular formula is C12H15NO2. The highest BCUT2D eigenvalue weighted by Crippen LogP contribution is 2.28. The third-order valence-corrected chi connectivity index (χ3v) is 2.69. The van der Waals surface area contributed by atoms with Crippen molar-refractivity contribution < 1.29 is 9.90 Å². The van der Waals surface area contributed by atoms with Crippen LogP contribution >= 0.6 is 0 Å². The first-order chi connectivity index (χ1) is 7.31. The molecule has 2 N–H and O–H groups in total. The predicted molar refractivity (Wildman–Crippen MR) is 56.9 cm³/mol. The van der Waals surface area contributed by atoms with Gasteiger partial charge in [-0.2, -0.15) is 0 Å². The summed E-state index contributed by atoms with van der Waals surface area (Å²) >= 11 is 0. The van der Waals surface area contributed by atoms with Crippen LogP contribution in [0, 0.1) is 5.92 Å².